The lowest BCUT2D eigenvalue weighted by molar-refractivity contribution is -0.141. The maximum Gasteiger partial charge on any atom is 0.314 e. The van der Waals surface area contributed by atoms with Crippen LogP contribution in [-0.2, 0) is 24.6 Å². The number of carbonyl (C=O) groups is 4. The summed E-state index contributed by atoms with van der Waals surface area (Å²) >= 11 is 0. The summed E-state index contributed by atoms with van der Waals surface area (Å²) in [5.74, 6) is -2.49. The highest BCUT2D eigenvalue weighted by Gasteiger charge is 2.56. The number of nitrogens with zero attached hydrogens (tertiary/aromatic N) is 3. The van der Waals surface area contributed by atoms with Crippen LogP contribution in [0.4, 0.5) is 11.5 Å². The Morgan fingerprint density at radius 1 is 1.19 bits per heavy atom. The van der Waals surface area contributed by atoms with Gasteiger partial charge in [-0.05, 0) is 42.5 Å². The number of nitriles is 1. The summed E-state index contributed by atoms with van der Waals surface area (Å²) in [5.41, 5.74) is 0.648. The van der Waals surface area contributed by atoms with E-state index >= 15 is 0 Å². The summed E-state index contributed by atoms with van der Waals surface area (Å²) in [7, 11) is 0. The van der Waals surface area contributed by atoms with Gasteiger partial charge in [-0.2, -0.15) is 5.26 Å². The second kappa shape index (κ2) is 9.65. The number of rotatable bonds is 4. The number of aromatic nitrogens is 1. The first-order valence-electron chi connectivity index (χ1n) is 12.1. The van der Waals surface area contributed by atoms with E-state index in [1.165, 1.54) is 4.90 Å². The molecule has 10 nitrogen and oxygen atoms in total. The molecule has 4 amide bonds. The average Bonchev–Trinajstić information content (AvgIpc) is 3.35. The highest BCUT2D eigenvalue weighted by molar-refractivity contribution is 6.39. The summed E-state index contributed by atoms with van der Waals surface area (Å²) in [5, 5.41) is 17.8. The number of fused-ring (bicyclic) bond motifs is 2. The second-order valence-electron chi connectivity index (χ2n) is 10.8. The molecule has 1 spiro atoms. The van der Waals surface area contributed by atoms with Gasteiger partial charge < -0.3 is 20.9 Å². The molecule has 1 saturated heterocycles. The fourth-order valence-corrected chi connectivity index (χ4v) is 5.01. The largest absolute Gasteiger partial charge is 0.336 e. The number of pyridine rings is 1. The maximum atomic E-state index is 13.8. The van der Waals surface area contributed by atoms with E-state index in [9.17, 15) is 24.4 Å². The monoisotopic (exact) mass is 502 g/mol. The quantitative estimate of drug-likeness (QED) is 0.547. The molecule has 1 fully saturated rings. The van der Waals surface area contributed by atoms with Crippen molar-refractivity contribution in [3.05, 3.63) is 53.7 Å². The summed E-state index contributed by atoms with van der Waals surface area (Å²) in [6.45, 7) is 7.48. The van der Waals surface area contributed by atoms with Gasteiger partial charge in [0.15, 0.2) is 0 Å². The number of hydrogen-bond donors (Lipinski definition) is 3. The normalized spacial score (nSPS) is 21.1. The molecule has 37 heavy (non-hydrogen) atoms. The predicted octanol–water partition coefficient (Wildman–Crippen LogP) is 2.26. The number of benzene rings is 1. The minimum atomic E-state index is -1.07. The van der Waals surface area contributed by atoms with Crippen LogP contribution in [-0.4, -0.2) is 52.1 Å². The second-order valence-corrected chi connectivity index (χ2v) is 10.8. The van der Waals surface area contributed by atoms with Crippen molar-refractivity contribution in [2.45, 2.75) is 58.0 Å². The molecule has 0 radical (unpaired) electrons. The first-order chi connectivity index (χ1) is 17.4. The van der Waals surface area contributed by atoms with Gasteiger partial charge in [-0.25, -0.2) is 4.98 Å². The van der Waals surface area contributed by atoms with E-state index in [2.05, 4.69) is 27.0 Å². The molecule has 4 rings (SSSR count). The van der Waals surface area contributed by atoms with Crippen LogP contribution >= 0.6 is 0 Å². The minimum Gasteiger partial charge on any atom is -0.336 e. The number of amides is 4. The molecule has 0 unspecified atom stereocenters. The molecule has 0 bridgehead atoms. The lowest BCUT2D eigenvalue weighted by Crippen LogP contribution is -2.53. The molecule has 3 atom stereocenters. The van der Waals surface area contributed by atoms with E-state index in [0.717, 1.165) is 5.56 Å². The first-order valence-corrected chi connectivity index (χ1v) is 12.1. The van der Waals surface area contributed by atoms with Gasteiger partial charge in [-0.1, -0.05) is 45.0 Å². The highest BCUT2D eigenvalue weighted by Crippen LogP contribution is 2.46. The SMILES string of the molecule is Cc1cccc(NC(=O)C(=O)N[C@@H](CC(C)(C)C)C(=O)N2C[C@]3(C[C@H]2C#N)C(=O)Nc2ccccc23)n1. The van der Waals surface area contributed by atoms with Crippen LogP contribution in [0.1, 0.15) is 44.9 Å². The molecule has 3 heterocycles. The van der Waals surface area contributed by atoms with Crippen molar-refractivity contribution < 1.29 is 19.2 Å². The molecule has 2 aromatic rings. The van der Waals surface area contributed by atoms with Gasteiger partial charge in [-0.15, -0.1) is 0 Å². The molecule has 10 heteroatoms. The van der Waals surface area contributed by atoms with Crippen LogP contribution in [0.3, 0.4) is 0 Å². The molecular formula is C27H30N6O4. The topological polar surface area (TPSA) is 144 Å². The Kier molecular flexibility index (Phi) is 6.74. The van der Waals surface area contributed by atoms with E-state index in [0.29, 0.717) is 11.4 Å². The number of aryl methyl sites for hydroxylation is 1. The van der Waals surface area contributed by atoms with Gasteiger partial charge in [0.1, 0.15) is 17.9 Å². The van der Waals surface area contributed by atoms with E-state index in [1.54, 1.807) is 31.2 Å². The van der Waals surface area contributed by atoms with E-state index < -0.39 is 35.2 Å². The summed E-state index contributed by atoms with van der Waals surface area (Å²) in [4.78, 5) is 57.8. The zero-order chi connectivity index (χ0) is 27.0. The van der Waals surface area contributed by atoms with Crippen LogP contribution in [0.25, 0.3) is 0 Å². The molecule has 1 aromatic heterocycles. The number of hydrogen-bond acceptors (Lipinski definition) is 6. The molecule has 0 aliphatic carbocycles. The average molecular weight is 503 g/mol. The molecule has 3 N–H and O–H groups in total. The molecule has 2 aliphatic heterocycles. The summed E-state index contributed by atoms with van der Waals surface area (Å²) < 4.78 is 0. The van der Waals surface area contributed by atoms with Gasteiger partial charge in [0.05, 0.1) is 11.5 Å². The fourth-order valence-electron chi connectivity index (χ4n) is 5.01. The predicted molar refractivity (Wildman–Crippen MR) is 136 cm³/mol. The highest BCUT2D eigenvalue weighted by atomic mass is 16.2. The van der Waals surface area contributed by atoms with Crippen LogP contribution in [0.2, 0.25) is 0 Å². The Labute approximate surface area is 215 Å². The summed E-state index contributed by atoms with van der Waals surface area (Å²) in [6.07, 6.45) is 0.367. The first kappa shape index (κ1) is 25.8. The Bertz CT molecular complexity index is 1310. The third-order valence-electron chi connectivity index (χ3n) is 6.67. The molecule has 2 aliphatic rings. The van der Waals surface area contributed by atoms with E-state index in [1.807, 2.05) is 39.0 Å². The van der Waals surface area contributed by atoms with Crippen molar-refractivity contribution in [2.75, 3.05) is 17.2 Å². The number of nitrogens with one attached hydrogen (secondary N) is 3. The van der Waals surface area contributed by atoms with Crippen LogP contribution < -0.4 is 16.0 Å². The van der Waals surface area contributed by atoms with E-state index in [-0.39, 0.29) is 36.5 Å². The van der Waals surface area contributed by atoms with Crippen LogP contribution in [0, 0.1) is 23.7 Å². The Balaban J connectivity index is 1.57. The van der Waals surface area contributed by atoms with Gasteiger partial charge in [0.25, 0.3) is 0 Å². The Morgan fingerprint density at radius 3 is 2.59 bits per heavy atom. The number of likely N-dealkylation sites (tertiary alicyclic amines) is 1. The number of anilines is 2. The fraction of sp³-hybridized carbons (Fsp3) is 0.407. The number of para-hydroxylation sites is 1. The van der Waals surface area contributed by atoms with Crippen LogP contribution in [0.5, 0.6) is 0 Å². The molecular weight excluding hydrogens is 472 g/mol. The van der Waals surface area contributed by atoms with Gasteiger partial charge in [-0.3, -0.25) is 19.2 Å². The lowest BCUT2D eigenvalue weighted by Gasteiger charge is -2.31. The van der Waals surface area contributed by atoms with Crippen molar-refractivity contribution in [1.82, 2.24) is 15.2 Å². The third kappa shape index (κ3) is 5.16. The third-order valence-corrected chi connectivity index (χ3v) is 6.67. The summed E-state index contributed by atoms with van der Waals surface area (Å²) in [6, 6.07) is 12.5. The zero-order valence-corrected chi connectivity index (χ0v) is 21.3. The van der Waals surface area contributed by atoms with Crippen LogP contribution in [0.15, 0.2) is 42.5 Å². The van der Waals surface area contributed by atoms with Gasteiger partial charge >= 0.3 is 11.8 Å². The lowest BCUT2D eigenvalue weighted by atomic mass is 9.80. The number of carbonyl (C=O) groups excluding carboxylic acids is 4. The standard InChI is InChI=1S/C27H30N6O4/c1-16-8-7-11-21(29-16)32-23(35)22(34)30-20(13-26(2,3)4)24(36)33-15-27(12-17(33)14-28)18-9-5-6-10-19(18)31-25(27)37/h5-11,17,20H,12-13,15H2,1-4H3,(H,30,34)(H,31,37)(H,29,32,35)/t17-,20-,27-/m0/s1. The van der Waals surface area contributed by atoms with Gasteiger partial charge in [0.2, 0.25) is 11.8 Å². The molecule has 192 valence electrons. The van der Waals surface area contributed by atoms with Crippen molar-refractivity contribution >= 4 is 35.1 Å². The van der Waals surface area contributed by atoms with Crippen molar-refractivity contribution in [2.24, 2.45) is 5.41 Å². The minimum absolute atomic E-state index is 0.00281. The van der Waals surface area contributed by atoms with Crippen molar-refractivity contribution in [1.29, 1.82) is 5.26 Å². The van der Waals surface area contributed by atoms with Crippen molar-refractivity contribution in [3.8, 4) is 6.07 Å². The van der Waals surface area contributed by atoms with Crippen molar-refractivity contribution in [3.63, 3.8) is 0 Å². The molecule has 1 aromatic carbocycles. The maximum absolute atomic E-state index is 13.8. The smallest absolute Gasteiger partial charge is 0.314 e. The van der Waals surface area contributed by atoms with Gasteiger partial charge in [0, 0.05) is 24.3 Å². The Morgan fingerprint density at radius 2 is 1.92 bits per heavy atom. The zero-order valence-electron chi connectivity index (χ0n) is 21.3. The Hall–Kier alpha value is -4.26. The van der Waals surface area contributed by atoms with E-state index in [4.69, 9.17) is 0 Å². The molecule has 0 saturated carbocycles.